The van der Waals surface area contributed by atoms with Crippen molar-refractivity contribution in [1.82, 2.24) is 5.01 Å². The van der Waals surface area contributed by atoms with E-state index in [1.54, 1.807) is 0 Å². The van der Waals surface area contributed by atoms with E-state index in [1.165, 1.54) is 43.5 Å². The lowest BCUT2D eigenvalue weighted by Crippen LogP contribution is -2.32. The SMILES string of the molecule is CCCCCCCN(CCCCCCC)[N+](=O)[O-]. The first-order chi connectivity index (χ1) is 8.72. The molecule has 0 fully saturated rings. The van der Waals surface area contributed by atoms with E-state index in [1.807, 2.05) is 0 Å². The molecule has 18 heavy (non-hydrogen) atoms. The predicted octanol–water partition coefficient (Wildman–Crippen LogP) is 4.42. The molecule has 0 aromatic carbocycles. The fourth-order valence-corrected chi connectivity index (χ4v) is 2.07. The summed E-state index contributed by atoms with van der Waals surface area (Å²) in [5.41, 5.74) is 0. The van der Waals surface area contributed by atoms with Gasteiger partial charge in [0, 0.05) is 0 Å². The molecule has 0 aliphatic heterocycles. The molecular formula is C14H30N2O2. The van der Waals surface area contributed by atoms with Crippen LogP contribution < -0.4 is 0 Å². The Balaban J connectivity index is 3.56. The van der Waals surface area contributed by atoms with Gasteiger partial charge in [0.15, 0.2) is 5.03 Å². The van der Waals surface area contributed by atoms with E-state index in [0.717, 1.165) is 25.7 Å². The fraction of sp³-hybridized carbons (Fsp3) is 1.00. The highest BCUT2D eigenvalue weighted by Crippen LogP contribution is 2.07. The summed E-state index contributed by atoms with van der Waals surface area (Å²) in [6.07, 6.45) is 11.5. The van der Waals surface area contributed by atoms with Crippen LogP contribution >= 0.6 is 0 Å². The van der Waals surface area contributed by atoms with Crippen molar-refractivity contribution < 1.29 is 5.03 Å². The first kappa shape index (κ1) is 17.2. The molecule has 0 N–H and O–H groups in total. The first-order valence-electron chi connectivity index (χ1n) is 7.61. The molecule has 0 aromatic heterocycles. The third kappa shape index (κ3) is 10.4. The van der Waals surface area contributed by atoms with Gasteiger partial charge in [0.2, 0.25) is 0 Å². The van der Waals surface area contributed by atoms with Gasteiger partial charge in [0.05, 0.1) is 13.1 Å². The van der Waals surface area contributed by atoms with Crippen LogP contribution in [0.3, 0.4) is 0 Å². The Kier molecular flexibility index (Phi) is 12.1. The zero-order valence-electron chi connectivity index (χ0n) is 12.2. The standard InChI is InChI=1S/C14H30N2O2/c1-3-5-7-9-11-13-15(16(17)18)14-12-10-8-6-4-2/h3-14H2,1-2H3. The Morgan fingerprint density at radius 1 is 0.778 bits per heavy atom. The fourth-order valence-electron chi connectivity index (χ4n) is 2.07. The lowest BCUT2D eigenvalue weighted by Gasteiger charge is -2.14. The second kappa shape index (κ2) is 12.7. The van der Waals surface area contributed by atoms with Crippen LogP contribution in [0.1, 0.15) is 78.1 Å². The average molecular weight is 258 g/mol. The van der Waals surface area contributed by atoms with Gasteiger partial charge >= 0.3 is 0 Å². The molecule has 4 nitrogen and oxygen atoms in total. The highest BCUT2D eigenvalue weighted by atomic mass is 16.7. The number of unbranched alkanes of at least 4 members (excludes halogenated alkanes) is 8. The minimum atomic E-state index is -0.223. The number of nitrogens with zero attached hydrogens (tertiary/aromatic N) is 2. The molecule has 0 unspecified atom stereocenters. The largest absolute Gasteiger partial charge is 0.235 e. The monoisotopic (exact) mass is 258 g/mol. The van der Waals surface area contributed by atoms with Gasteiger partial charge < -0.3 is 0 Å². The molecule has 0 saturated carbocycles. The first-order valence-corrected chi connectivity index (χ1v) is 7.61. The highest BCUT2D eigenvalue weighted by Gasteiger charge is 2.12. The van der Waals surface area contributed by atoms with Crippen molar-refractivity contribution in [2.24, 2.45) is 0 Å². The summed E-state index contributed by atoms with van der Waals surface area (Å²) in [6.45, 7) is 5.59. The van der Waals surface area contributed by atoms with Crippen LogP contribution in [0.4, 0.5) is 0 Å². The molecule has 0 rings (SSSR count). The minimum absolute atomic E-state index is 0.223. The summed E-state index contributed by atoms with van der Waals surface area (Å²) in [4.78, 5) is 10.9. The maximum Gasteiger partial charge on any atom is 0.160 e. The summed E-state index contributed by atoms with van der Waals surface area (Å²) < 4.78 is 0. The lowest BCUT2D eigenvalue weighted by atomic mass is 10.1. The Morgan fingerprint density at radius 2 is 1.17 bits per heavy atom. The van der Waals surface area contributed by atoms with Gasteiger partial charge in [0.25, 0.3) is 0 Å². The second-order valence-electron chi connectivity index (χ2n) is 5.02. The zero-order chi connectivity index (χ0) is 13.6. The topological polar surface area (TPSA) is 46.4 Å². The van der Waals surface area contributed by atoms with Gasteiger partial charge in [0.1, 0.15) is 0 Å². The number of hydrogen-bond acceptors (Lipinski definition) is 2. The summed E-state index contributed by atoms with van der Waals surface area (Å²) >= 11 is 0. The van der Waals surface area contributed by atoms with Crippen molar-refractivity contribution in [1.29, 1.82) is 0 Å². The van der Waals surface area contributed by atoms with E-state index in [0.29, 0.717) is 13.1 Å². The lowest BCUT2D eigenvalue weighted by molar-refractivity contribution is -0.655. The van der Waals surface area contributed by atoms with Gasteiger partial charge in [-0.05, 0) is 12.8 Å². The van der Waals surface area contributed by atoms with Gasteiger partial charge in [-0.1, -0.05) is 65.2 Å². The molecule has 0 radical (unpaired) electrons. The third-order valence-corrected chi connectivity index (χ3v) is 3.27. The van der Waals surface area contributed by atoms with Gasteiger partial charge in [-0.15, -0.1) is 5.01 Å². The molecule has 0 atom stereocenters. The Morgan fingerprint density at radius 3 is 1.50 bits per heavy atom. The number of nitro groups is 1. The van der Waals surface area contributed by atoms with E-state index in [9.17, 15) is 10.1 Å². The normalized spacial score (nSPS) is 10.6. The van der Waals surface area contributed by atoms with Crippen molar-refractivity contribution in [3.63, 3.8) is 0 Å². The highest BCUT2D eigenvalue weighted by molar-refractivity contribution is 4.50. The molecule has 0 bridgehead atoms. The Bertz CT molecular complexity index is 184. The molecule has 0 aliphatic carbocycles. The molecule has 0 heterocycles. The van der Waals surface area contributed by atoms with E-state index >= 15 is 0 Å². The third-order valence-electron chi connectivity index (χ3n) is 3.27. The summed E-state index contributed by atoms with van der Waals surface area (Å²) in [7, 11) is 0. The predicted molar refractivity (Wildman–Crippen MR) is 76.1 cm³/mol. The van der Waals surface area contributed by atoms with Crippen LogP contribution in [0.5, 0.6) is 0 Å². The van der Waals surface area contributed by atoms with E-state index in [4.69, 9.17) is 0 Å². The van der Waals surface area contributed by atoms with Crippen LogP contribution in [0.15, 0.2) is 0 Å². The van der Waals surface area contributed by atoms with Crippen LogP contribution in [-0.4, -0.2) is 23.1 Å². The average Bonchev–Trinajstić information content (AvgIpc) is 2.35. The van der Waals surface area contributed by atoms with Crippen LogP contribution in [0, 0.1) is 10.1 Å². The minimum Gasteiger partial charge on any atom is -0.235 e. The van der Waals surface area contributed by atoms with Crippen molar-refractivity contribution in [2.75, 3.05) is 13.1 Å². The molecule has 0 aliphatic rings. The summed E-state index contributed by atoms with van der Waals surface area (Å²) in [5, 5.41) is 12.0. The molecule has 0 saturated heterocycles. The van der Waals surface area contributed by atoms with Crippen LogP contribution in [0.2, 0.25) is 0 Å². The Hall–Kier alpha value is -0.800. The van der Waals surface area contributed by atoms with Crippen molar-refractivity contribution in [2.45, 2.75) is 78.1 Å². The van der Waals surface area contributed by atoms with Crippen molar-refractivity contribution in [3.8, 4) is 0 Å². The maximum absolute atomic E-state index is 10.9. The maximum atomic E-state index is 10.9. The van der Waals surface area contributed by atoms with Crippen molar-refractivity contribution >= 4 is 0 Å². The van der Waals surface area contributed by atoms with Gasteiger partial charge in [-0.2, -0.15) is 0 Å². The molecule has 0 spiro atoms. The number of hydrogen-bond donors (Lipinski definition) is 0. The number of rotatable bonds is 13. The van der Waals surface area contributed by atoms with E-state index < -0.39 is 0 Å². The van der Waals surface area contributed by atoms with E-state index in [-0.39, 0.29) is 5.03 Å². The van der Waals surface area contributed by atoms with Gasteiger partial charge in [-0.25, -0.2) is 10.1 Å². The smallest absolute Gasteiger partial charge is 0.160 e. The van der Waals surface area contributed by atoms with Crippen molar-refractivity contribution in [3.05, 3.63) is 10.1 Å². The molecular weight excluding hydrogens is 228 g/mol. The molecule has 4 heteroatoms. The Labute approximate surface area is 112 Å². The quantitative estimate of drug-likeness (QED) is 0.279. The van der Waals surface area contributed by atoms with Crippen LogP contribution in [0.25, 0.3) is 0 Å². The van der Waals surface area contributed by atoms with Gasteiger partial charge in [-0.3, -0.25) is 0 Å². The molecule has 0 aromatic rings. The van der Waals surface area contributed by atoms with Crippen LogP contribution in [-0.2, 0) is 0 Å². The summed E-state index contributed by atoms with van der Waals surface area (Å²) in [6, 6.07) is 0. The number of hydrazine groups is 1. The second-order valence-corrected chi connectivity index (χ2v) is 5.02. The molecule has 0 amide bonds. The molecule has 108 valence electrons. The summed E-state index contributed by atoms with van der Waals surface area (Å²) in [5.74, 6) is 0. The zero-order valence-corrected chi connectivity index (χ0v) is 12.2. The van der Waals surface area contributed by atoms with E-state index in [2.05, 4.69) is 13.8 Å².